The average Bonchev–Trinajstić information content (AvgIpc) is 1.59. The number of anilines is 1. The summed E-state index contributed by atoms with van der Waals surface area (Å²) in [5, 5.41) is 61.0. The number of carbonyl (C=O) groups excluding carboxylic acids is 5. The molecule has 5 aliphatic carbocycles. The number of fused-ring (bicyclic) bond motifs is 10. The van der Waals surface area contributed by atoms with Gasteiger partial charge in [-0.05, 0) is 242 Å². The minimum atomic E-state index is -4.46. The van der Waals surface area contributed by atoms with Gasteiger partial charge < -0.3 is 53.6 Å². The zero-order chi connectivity index (χ0) is 84.1. The Kier molecular flexibility index (Phi) is 20.9. The van der Waals surface area contributed by atoms with Crippen molar-refractivity contribution >= 4 is 89.5 Å². The van der Waals surface area contributed by atoms with Crippen LogP contribution in [0.4, 0.5) is 27.6 Å². The molecule has 10 aliphatic rings. The summed E-state index contributed by atoms with van der Waals surface area (Å²) < 4.78 is 73.6. The summed E-state index contributed by atoms with van der Waals surface area (Å²) in [6, 6.07) is 27.4. The topological polar surface area (TPSA) is 317 Å². The molecule has 10 heterocycles. The van der Waals surface area contributed by atoms with E-state index >= 15 is 0 Å². The van der Waals surface area contributed by atoms with Crippen molar-refractivity contribution in [3.05, 3.63) is 148 Å². The number of amides is 4. The molecule has 5 unspecified atom stereocenters. The van der Waals surface area contributed by atoms with Crippen LogP contribution >= 0.6 is 0 Å². The van der Waals surface area contributed by atoms with Crippen LogP contribution in [0.3, 0.4) is 0 Å². The summed E-state index contributed by atoms with van der Waals surface area (Å²) in [6.45, 7) is 30.9. The molecule has 5 saturated heterocycles. The first-order valence-corrected chi connectivity index (χ1v) is 41.3. The Labute approximate surface area is 682 Å². The van der Waals surface area contributed by atoms with Gasteiger partial charge in [-0.15, -0.1) is 0 Å². The van der Waals surface area contributed by atoms with Crippen LogP contribution in [0, 0.1) is 107 Å². The van der Waals surface area contributed by atoms with Crippen LogP contribution < -0.4 is 53.6 Å². The molecule has 10 aromatic rings. The molecule has 15 atom stereocenters. The van der Waals surface area contributed by atoms with Crippen molar-refractivity contribution in [1.82, 2.24) is 97.2 Å². The van der Waals surface area contributed by atoms with Gasteiger partial charge >= 0.3 is 6.18 Å². The highest BCUT2D eigenvalue weighted by molar-refractivity contribution is 5.96. The van der Waals surface area contributed by atoms with Gasteiger partial charge in [0.25, 0.3) is 0 Å². The van der Waals surface area contributed by atoms with Crippen molar-refractivity contribution in [3.63, 3.8) is 0 Å². The Morgan fingerprint density at radius 1 is 0.407 bits per heavy atom. The molecule has 626 valence electrons. The fourth-order valence-electron chi connectivity index (χ4n) is 20.5. The number of piperidine rings is 5. The van der Waals surface area contributed by atoms with Crippen LogP contribution in [-0.2, 0) is 85.9 Å². The van der Waals surface area contributed by atoms with Gasteiger partial charge in [0.1, 0.15) is 17.4 Å². The quantitative estimate of drug-likeness (QED) is 0.0318. The largest absolute Gasteiger partial charge is 0.418 e. The molecular weight excluding hydrogens is 1510 g/mol. The van der Waals surface area contributed by atoms with Crippen LogP contribution in [0.15, 0.2) is 97.1 Å². The molecule has 0 radical (unpaired) electrons. The molecule has 0 bridgehead atoms. The normalized spacial score (nSPS) is 26.1. The van der Waals surface area contributed by atoms with Crippen molar-refractivity contribution in [3.8, 4) is 0 Å². The lowest BCUT2D eigenvalue weighted by Crippen LogP contribution is -2.43. The molecule has 10 fully saturated rings. The number of nitrogens with one attached hydrogen (secondary N) is 9. The van der Waals surface area contributed by atoms with Crippen LogP contribution in [-0.4, -0.2) is 144 Å². The van der Waals surface area contributed by atoms with Gasteiger partial charge in [-0.25, -0.2) is 8.78 Å². The second-order valence-electron chi connectivity index (χ2n) is 37.4. The van der Waals surface area contributed by atoms with Gasteiger partial charge in [0.05, 0.1) is 83.9 Å². The third-order valence-electron chi connectivity index (χ3n) is 27.0. The molecule has 5 aliphatic heterocycles. The van der Waals surface area contributed by atoms with E-state index in [1.807, 2.05) is 97.6 Å². The Morgan fingerprint density at radius 2 is 0.788 bits per heavy atom. The fraction of sp³-hybridized carbons (Fsp3) is 0.534. The molecule has 20 rings (SSSR count). The lowest BCUT2D eigenvalue weighted by Gasteiger charge is -2.25. The predicted octanol–water partition coefficient (Wildman–Crippen LogP) is 9.08. The maximum atomic E-state index is 13.6. The van der Waals surface area contributed by atoms with E-state index in [2.05, 4.69) is 104 Å². The SMILES string of the molecule is Cc1nnc(C(C)(C)CC(=O)C2[C@H]3CNC[C@@H]23)c2ccccc12.Cn1nc(C(C)(C)NC(=O)C2[C@H]3CNC[C@@H]23)c2c(N)cccc21.Cn1nc(C(C)(C)NC(=O)C2[C@H]3CNC[C@@H]23)c2cc(F)ccc21.Cn1nc(C(C)(C)NC(=O)C2[C@H]3CNC[C@@H]23)c2ccc(F)cc21.Cn1nc(C(C)(C)NC(=O)C2[C@H]3CNC[C@@H]23)c2cccc(C(F)(F)F)c21. The molecule has 118 heavy (non-hydrogen) atoms. The van der Waals surface area contributed by atoms with Crippen molar-refractivity contribution in [2.24, 2.45) is 117 Å². The van der Waals surface area contributed by atoms with E-state index in [1.54, 1.807) is 48.5 Å². The summed E-state index contributed by atoms with van der Waals surface area (Å²) in [4.78, 5) is 63.1. The van der Waals surface area contributed by atoms with Crippen LogP contribution in [0.5, 0.6) is 0 Å². The second kappa shape index (κ2) is 30.1. The number of rotatable bonds is 16. The predicted molar refractivity (Wildman–Crippen MR) is 440 cm³/mol. The summed E-state index contributed by atoms with van der Waals surface area (Å²) in [5.41, 5.74) is 10.4. The molecule has 5 saturated carbocycles. The van der Waals surface area contributed by atoms with Crippen molar-refractivity contribution in [1.29, 1.82) is 0 Å². The monoisotopic (exact) mass is 1620 g/mol. The zero-order valence-electron chi connectivity index (χ0n) is 69.7. The van der Waals surface area contributed by atoms with Gasteiger partial charge in [0, 0.05) is 108 Å². The fourth-order valence-corrected chi connectivity index (χ4v) is 20.5. The van der Waals surface area contributed by atoms with Gasteiger partial charge in [0.2, 0.25) is 23.6 Å². The number of aromatic nitrogens is 10. The second-order valence-corrected chi connectivity index (χ2v) is 37.4. The highest BCUT2D eigenvalue weighted by Gasteiger charge is 2.61. The minimum Gasteiger partial charge on any atom is -0.398 e. The van der Waals surface area contributed by atoms with E-state index < -0.39 is 33.9 Å². The lowest BCUT2D eigenvalue weighted by atomic mass is 9.80. The number of carbonyl (C=O) groups is 5. The van der Waals surface area contributed by atoms with Gasteiger partial charge in [-0.2, -0.15) is 43.8 Å². The standard InChI is InChI=1S/C19H23N3O.C18H21F3N4O.2C17H21FN4O.C17H23N5O/c1-11-12-6-4-5-7-13(12)18(22-21-11)19(2,3)8-16(23)17-14-9-20-10-15(14)17;1-17(2,23-16(26)13-10-7-22-8-11(10)13)15-9-5-4-6-12(18(19,20)21)14(9)25(3)24-15;1-17(2,20-16(23)14-11-7-19-8-12(11)14)15-10-6-9(18)4-5-13(10)22(3)21-15;1-17(2,20-16(23)14-11-7-19-8-12(11)14)15-10-5-4-9(18)6-13(10)22(3)21-15;1-17(2,20-16(23)13-9-7-19-8-10(9)13)15-14-11(18)5-4-6-12(14)22(3)21-15/h4-7,14-15,17,20H,8-10H2,1-3H3;4-6,10-11,13,22H,7-8H2,1-3H3,(H,23,26);2*4-6,11-12,14,19H,7-8H2,1-3H3,(H,20,23);4-6,9-10,13,19H,7-8,18H2,1-3H3,(H,20,23)/t14-,15+,17?;10-,11+,13?;2*11-,12+,14?;9-,10+,13?. The maximum absolute atomic E-state index is 13.6. The molecule has 4 amide bonds. The van der Waals surface area contributed by atoms with E-state index in [0.29, 0.717) is 93.8 Å². The first-order valence-electron chi connectivity index (χ1n) is 41.3. The Bertz CT molecular complexity index is 5590. The number of Topliss-reactive ketones (excluding diaryl/α,β-unsaturated/α-hetero) is 1. The number of ketones is 1. The lowest BCUT2D eigenvalue weighted by molar-refractivity contribution is -0.136. The van der Waals surface area contributed by atoms with E-state index in [9.17, 15) is 45.9 Å². The van der Waals surface area contributed by atoms with Crippen LogP contribution in [0.25, 0.3) is 54.4 Å². The number of hydrogen-bond donors (Lipinski definition) is 10. The molecule has 30 heteroatoms. The van der Waals surface area contributed by atoms with Gasteiger partial charge in [-0.1, -0.05) is 56.3 Å². The number of benzene rings is 5. The number of nitrogen functional groups attached to an aromatic ring is 1. The first kappa shape index (κ1) is 81.8. The Hall–Kier alpha value is -9.88. The summed E-state index contributed by atoms with van der Waals surface area (Å²) in [6.07, 6.45) is -3.91. The van der Waals surface area contributed by atoms with Crippen molar-refractivity contribution < 1.29 is 45.9 Å². The number of para-hydroxylation sites is 1. The number of aryl methyl sites for hydroxylation is 5. The summed E-state index contributed by atoms with van der Waals surface area (Å²) in [5.74, 6) is 5.64. The molecule has 25 nitrogen and oxygen atoms in total. The Morgan fingerprint density at radius 3 is 1.27 bits per heavy atom. The number of nitrogens with zero attached hydrogens (tertiary/aromatic N) is 10. The summed E-state index contributed by atoms with van der Waals surface area (Å²) in [7, 11) is 7.02. The van der Waals surface area contributed by atoms with E-state index in [1.165, 1.54) is 42.1 Å². The number of nitrogens with two attached hydrogens (primary N) is 1. The molecule has 0 spiro atoms. The number of halogens is 5. The maximum Gasteiger partial charge on any atom is 0.418 e. The van der Waals surface area contributed by atoms with Gasteiger partial charge in [0.15, 0.2) is 0 Å². The highest BCUT2D eigenvalue weighted by Crippen LogP contribution is 2.54. The summed E-state index contributed by atoms with van der Waals surface area (Å²) >= 11 is 0. The van der Waals surface area contributed by atoms with Crippen LogP contribution in [0.2, 0.25) is 0 Å². The van der Waals surface area contributed by atoms with Crippen molar-refractivity contribution in [2.75, 3.05) is 71.2 Å². The van der Waals surface area contributed by atoms with E-state index in [4.69, 9.17) is 5.73 Å². The zero-order valence-corrected chi connectivity index (χ0v) is 69.7. The molecule has 5 aromatic carbocycles. The number of alkyl halides is 3. The minimum absolute atomic E-state index is 0.00348. The number of hydrogen-bond acceptors (Lipinski definition) is 17. The molecule has 5 aromatic heterocycles. The first-order chi connectivity index (χ1) is 55.8. The van der Waals surface area contributed by atoms with Gasteiger partial charge in [-0.3, -0.25) is 42.7 Å². The van der Waals surface area contributed by atoms with Crippen LogP contribution in [0.1, 0.15) is 115 Å². The van der Waals surface area contributed by atoms with E-state index in [-0.39, 0.29) is 75.8 Å². The third kappa shape index (κ3) is 15.3. The highest BCUT2D eigenvalue weighted by atomic mass is 19.4. The Balaban J connectivity index is 0.000000110. The average molecular weight is 1620 g/mol. The smallest absolute Gasteiger partial charge is 0.398 e. The molecular formula is C88H109F5N20O5. The van der Waals surface area contributed by atoms with E-state index in [0.717, 1.165) is 138 Å². The van der Waals surface area contributed by atoms with Crippen molar-refractivity contribution in [2.45, 2.75) is 116 Å². The third-order valence-corrected chi connectivity index (χ3v) is 27.0. The molecule has 11 N–H and O–H groups in total.